The van der Waals surface area contributed by atoms with Crippen molar-refractivity contribution in [2.24, 2.45) is 23.2 Å². The van der Waals surface area contributed by atoms with E-state index < -0.39 is 11.8 Å². The van der Waals surface area contributed by atoms with Crippen LogP contribution >= 0.6 is 0 Å². The molecule has 0 aromatic rings. The number of carbonyl (C=O) groups excluding carboxylic acids is 1. The van der Waals surface area contributed by atoms with Gasteiger partial charge in [-0.1, -0.05) is 20.8 Å². The Kier molecular flexibility index (Phi) is 1.78. The summed E-state index contributed by atoms with van der Waals surface area (Å²) >= 11 is 0. The first kappa shape index (κ1) is 11.8. The van der Waals surface area contributed by atoms with Gasteiger partial charge < -0.3 is 18.9 Å². The number of fused-ring (bicyclic) bond motifs is 12. The quantitative estimate of drug-likeness (QED) is 0.633. The highest BCUT2D eigenvalue weighted by Gasteiger charge is 2.83. The molecule has 5 saturated heterocycles. The van der Waals surface area contributed by atoms with Crippen molar-refractivity contribution in [3.8, 4) is 0 Å². The first-order chi connectivity index (χ1) is 9.39. The summed E-state index contributed by atoms with van der Waals surface area (Å²) in [6.45, 7) is 8.73. The van der Waals surface area contributed by atoms with Gasteiger partial charge in [-0.15, -0.1) is 0 Å². The molecule has 4 bridgehead atoms. The second-order valence-corrected chi connectivity index (χ2v) is 7.69. The van der Waals surface area contributed by atoms with E-state index in [0.29, 0.717) is 17.8 Å². The second kappa shape index (κ2) is 3.02. The second-order valence-electron chi connectivity index (χ2n) is 7.69. The van der Waals surface area contributed by atoms with Crippen LogP contribution in [-0.4, -0.2) is 42.3 Å². The van der Waals surface area contributed by atoms with E-state index in [9.17, 15) is 4.79 Å². The van der Waals surface area contributed by atoms with E-state index >= 15 is 0 Å². The molecular weight excluding hydrogens is 260 g/mol. The molecule has 0 aromatic heterocycles. The van der Waals surface area contributed by atoms with Crippen LogP contribution in [0.4, 0.5) is 4.79 Å². The van der Waals surface area contributed by atoms with E-state index in [0.717, 1.165) is 0 Å². The van der Waals surface area contributed by atoms with Crippen molar-refractivity contribution in [3.05, 3.63) is 0 Å². The van der Waals surface area contributed by atoms with Crippen LogP contribution in [0.25, 0.3) is 0 Å². The van der Waals surface area contributed by atoms with Gasteiger partial charge in [-0.25, -0.2) is 4.79 Å². The molecule has 110 valence electrons. The van der Waals surface area contributed by atoms with Crippen molar-refractivity contribution in [2.45, 2.75) is 63.8 Å². The predicted octanol–water partition coefficient (Wildman–Crippen LogP) is 1.74. The number of hydrogen-bond donors (Lipinski definition) is 0. The lowest BCUT2D eigenvalue weighted by molar-refractivity contribution is -0.0944. The minimum Gasteiger partial charge on any atom is -0.424 e. The Morgan fingerprint density at radius 3 is 2.50 bits per heavy atom. The van der Waals surface area contributed by atoms with E-state index in [-0.39, 0.29) is 35.9 Å². The minimum absolute atomic E-state index is 0.0690. The first-order valence-corrected chi connectivity index (χ1v) is 7.59. The maximum Gasteiger partial charge on any atom is 0.509 e. The molecule has 0 aliphatic carbocycles. The highest BCUT2D eigenvalue weighted by Crippen LogP contribution is 2.70. The molecule has 10 unspecified atom stereocenters. The summed E-state index contributed by atoms with van der Waals surface area (Å²) in [5.41, 5.74) is -0.718. The van der Waals surface area contributed by atoms with Crippen molar-refractivity contribution in [3.63, 3.8) is 0 Å². The Balaban J connectivity index is 1.64. The zero-order valence-electron chi connectivity index (χ0n) is 12.2. The summed E-state index contributed by atoms with van der Waals surface area (Å²) in [6, 6.07) is 0. The molecule has 20 heavy (non-hydrogen) atoms. The number of hydrogen-bond acceptors (Lipinski definition) is 5. The molecular formula is C15H20O5. The molecule has 5 rings (SSSR count). The third kappa shape index (κ3) is 0.915. The van der Waals surface area contributed by atoms with Gasteiger partial charge in [-0.2, -0.15) is 0 Å². The topological polar surface area (TPSA) is 54.0 Å². The maximum absolute atomic E-state index is 11.6. The zero-order valence-corrected chi connectivity index (χ0v) is 12.2. The molecule has 0 radical (unpaired) electrons. The smallest absolute Gasteiger partial charge is 0.424 e. The van der Waals surface area contributed by atoms with Crippen molar-refractivity contribution in [1.82, 2.24) is 0 Å². The van der Waals surface area contributed by atoms with Crippen LogP contribution in [0.2, 0.25) is 0 Å². The van der Waals surface area contributed by atoms with Gasteiger partial charge in [0.1, 0.15) is 12.2 Å². The standard InChI is InChI=1S/C15H20O5/c1-5-6(2)10-14(3)7(8(5)17-10)9-11-15(4,12(14)18-9)20-13(16)19-11/h5-12H,1-4H3. The lowest BCUT2D eigenvalue weighted by Gasteiger charge is -2.48. The van der Waals surface area contributed by atoms with Gasteiger partial charge >= 0.3 is 6.16 Å². The fourth-order valence-corrected chi connectivity index (χ4v) is 6.00. The van der Waals surface area contributed by atoms with E-state index in [1.165, 1.54) is 0 Å². The van der Waals surface area contributed by atoms with E-state index in [1.54, 1.807) is 0 Å². The molecule has 0 N–H and O–H groups in total. The third-order valence-corrected chi connectivity index (χ3v) is 6.94. The Bertz CT molecular complexity index is 520. The van der Waals surface area contributed by atoms with Crippen molar-refractivity contribution in [2.75, 3.05) is 0 Å². The monoisotopic (exact) mass is 280 g/mol. The van der Waals surface area contributed by atoms with Crippen LogP contribution in [-0.2, 0) is 18.9 Å². The molecule has 5 aliphatic rings. The van der Waals surface area contributed by atoms with Crippen molar-refractivity contribution >= 4 is 6.16 Å². The van der Waals surface area contributed by atoms with Crippen LogP contribution in [0.3, 0.4) is 0 Å². The zero-order chi connectivity index (χ0) is 14.0. The summed E-state index contributed by atoms with van der Waals surface area (Å²) in [7, 11) is 0. The molecule has 0 amide bonds. The molecule has 5 fully saturated rings. The molecule has 5 heterocycles. The van der Waals surface area contributed by atoms with Crippen molar-refractivity contribution in [1.29, 1.82) is 0 Å². The van der Waals surface area contributed by atoms with Crippen LogP contribution < -0.4 is 0 Å². The largest absolute Gasteiger partial charge is 0.509 e. The van der Waals surface area contributed by atoms with Gasteiger partial charge in [0.05, 0.1) is 12.2 Å². The average Bonchev–Trinajstić information content (AvgIpc) is 3.05. The minimum atomic E-state index is -0.649. The maximum atomic E-state index is 11.6. The van der Waals surface area contributed by atoms with Gasteiger partial charge in [0, 0.05) is 11.3 Å². The molecule has 5 heteroatoms. The summed E-state index contributed by atoms with van der Waals surface area (Å²) < 4.78 is 23.5. The highest BCUT2D eigenvalue weighted by molar-refractivity contribution is 5.64. The third-order valence-electron chi connectivity index (χ3n) is 6.94. The Morgan fingerprint density at radius 1 is 1.00 bits per heavy atom. The number of ether oxygens (including phenoxy) is 4. The number of rotatable bonds is 0. The lowest BCUT2D eigenvalue weighted by Crippen LogP contribution is -2.63. The van der Waals surface area contributed by atoms with Crippen LogP contribution in [0.1, 0.15) is 27.7 Å². The first-order valence-electron chi connectivity index (χ1n) is 7.59. The Morgan fingerprint density at radius 2 is 1.75 bits per heavy atom. The van der Waals surface area contributed by atoms with Gasteiger partial charge in [-0.3, -0.25) is 0 Å². The summed E-state index contributed by atoms with van der Waals surface area (Å²) in [6.07, 6.45) is -0.603. The molecule has 5 nitrogen and oxygen atoms in total. The summed E-state index contributed by atoms with van der Waals surface area (Å²) in [4.78, 5) is 11.6. The van der Waals surface area contributed by atoms with Gasteiger partial charge in [0.15, 0.2) is 11.7 Å². The van der Waals surface area contributed by atoms with Crippen LogP contribution in [0, 0.1) is 23.2 Å². The Hall–Kier alpha value is -0.810. The predicted molar refractivity (Wildman–Crippen MR) is 67.0 cm³/mol. The lowest BCUT2D eigenvalue weighted by atomic mass is 9.52. The summed E-state index contributed by atoms with van der Waals surface area (Å²) in [5.74, 6) is 1.37. The average molecular weight is 280 g/mol. The molecule has 0 aromatic carbocycles. The fraction of sp³-hybridized carbons (Fsp3) is 0.933. The Labute approximate surface area is 117 Å². The normalized spacial score (nSPS) is 68.9. The molecule has 0 spiro atoms. The van der Waals surface area contributed by atoms with Crippen molar-refractivity contribution < 1.29 is 23.7 Å². The highest BCUT2D eigenvalue weighted by atomic mass is 16.8. The summed E-state index contributed by atoms with van der Waals surface area (Å²) in [5, 5.41) is 0. The van der Waals surface area contributed by atoms with Gasteiger partial charge in [0.2, 0.25) is 0 Å². The van der Waals surface area contributed by atoms with E-state index in [1.807, 2.05) is 6.92 Å². The molecule has 0 saturated carbocycles. The van der Waals surface area contributed by atoms with Gasteiger partial charge in [-0.05, 0) is 18.8 Å². The van der Waals surface area contributed by atoms with E-state index in [4.69, 9.17) is 18.9 Å². The van der Waals surface area contributed by atoms with E-state index in [2.05, 4.69) is 20.8 Å². The van der Waals surface area contributed by atoms with Gasteiger partial charge in [0.25, 0.3) is 0 Å². The molecule has 5 aliphatic heterocycles. The molecule has 10 atom stereocenters. The number of carbonyl (C=O) groups is 1. The SMILES string of the molecule is CC1C(C)C2OC1C1C3OC(C4(C)OC(=O)OC34)C21C. The van der Waals surface area contributed by atoms with Crippen LogP contribution in [0.5, 0.6) is 0 Å². The van der Waals surface area contributed by atoms with Crippen LogP contribution in [0.15, 0.2) is 0 Å². The fourth-order valence-electron chi connectivity index (χ4n) is 6.00.